The van der Waals surface area contributed by atoms with E-state index in [9.17, 15) is 4.79 Å². The van der Waals surface area contributed by atoms with Crippen molar-refractivity contribution < 1.29 is 19.0 Å². The first-order chi connectivity index (χ1) is 13.9. The molecule has 0 bridgehead atoms. The van der Waals surface area contributed by atoms with Gasteiger partial charge in [-0.2, -0.15) is 0 Å². The largest absolute Gasteiger partial charge is 0.444 e. The third-order valence-corrected chi connectivity index (χ3v) is 5.18. The Hall–Kier alpha value is -0.810. The Morgan fingerprint density at radius 3 is 2.50 bits per heavy atom. The van der Waals surface area contributed by atoms with Crippen molar-refractivity contribution in [3.8, 4) is 0 Å². The van der Waals surface area contributed by atoms with Gasteiger partial charge in [0, 0.05) is 52.4 Å². The van der Waals surface area contributed by atoms with Crippen molar-refractivity contribution in [2.75, 3.05) is 59.7 Å². The van der Waals surface area contributed by atoms with Gasteiger partial charge >= 0.3 is 6.09 Å². The monoisotopic (exact) mass is 540 g/mol. The van der Waals surface area contributed by atoms with Crippen LogP contribution in [0.15, 0.2) is 4.99 Å². The number of halogens is 1. The molecule has 30 heavy (non-hydrogen) atoms. The number of carbonyl (C=O) groups is 1. The highest BCUT2D eigenvalue weighted by Gasteiger charge is 2.26. The number of nitrogens with one attached hydrogen (secondary N) is 2. The van der Waals surface area contributed by atoms with Gasteiger partial charge in [0.1, 0.15) is 5.60 Å². The number of nitrogens with zero attached hydrogens (tertiary/aromatic N) is 2. The van der Waals surface area contributed by atoms with Crippen LogP contribution in [0.25, 0.3) is 0 Å². The Labute approximate surface area is 198 Å². The van der Waals surface area contributed by atoms with Gasteiger partial charge in [0.15, 0.2) is 5.96 Å². The van der Waals surface area contributed by atoms with Crippen LogP contribution >= 0.6 is 24.0 Å². The molecule has 1 unspecified atom stereocenters. The molecule has 0 aliphatic carbocycles. The summed E-state index contributed by atoms with van der Waals surface area (Å²) in [5.74, 6) is 1.92. The van der Waals surface area contributed by atoms with Crippen LogP contribution in [0.4, 0.5) is 4.79 Å². The maximum atomic E-state index is 12.1. The van der Waals surface area contributed by atoms with Crippen molar-refractivity contribution in [2.24, 2.45) is 16.8 Å². The lowest BCUT2D eigenvalue weighted by atomic mass is 9.97. The maximum Gasteiger partial charge on any atom is 0.410 e. The molecule has 0 aromatic rings. The summed E-state index contributed by atoms with van der Waals surface area (Å²) in [7, 11) is 1.79. The molecule has 2 heterocycles. The summed E-state index contributed by atoms with van der Waals surface area (Å²) in [4.78, 5) is 18.2. The predicted molar refractivity (Wildman–Crippen MR) is 130 cm³/mol. The average molecular weight is 540 g/mol. The van der Waals surface area contributed by atoms with E-state index in [2.05, 4.69) is 15.6 Å². The quantitative estimate of drug-likeness (QED) is 0.213. The number of rotatable bonds is 8. The number of piperidine rings is 1. The van der Waals surface area contributed by atoms with E-state index in [4.69, 9.17) is 14.2 Å². The van der Waals surface area contributed by atoms with Gasteiger partial charge in [-0.3, -0.25) is 4.99 Å². The molecule has 2 rings (SSSR count). The van der Waals surface area contributed by atoms with Crippen molar-refractivity contribution in [1.29, 1.82) is 0 Å². The molecule has 1 amide bonds. The summed E-state index contributed by atoms with van der Waals surface area (Å²) >= 11 is 0. The van der Waals surface area contributed by atoms with Gasteiger partial charge in [-0.25, -0.2) is 4.79 Å². The molecule has 0 aromatic heterocycles. The molecular formula is C21H41IN4O4. The minimum absolute atomic E-state index is 0. The third kappa shape index (κ3) is 11.0. The van der Waals surface area contributed by atoms with E-state index in [0.29, 0.717) is 11.8 Å². The van der Waals surface area contributed by atoms with Crippen LogP contribution in [-0.4, -0.2) is 82.2 Å². The molecule has 2 aliphatic heterocycles. The lowest BCUT2D eigenvalue weighted by Gasteiger charge is -2.33. The van der Waals surface area contributed by atoms with E-state index in [1.807, 2.05) is 25.7 Å². The average Bonchev–Trinajstić information content (AvgIpc) is 3.19. The second-order valence-electron chi connectivity index (χ2n) is 8.95. The van der Waals surface area contributed by atoms with Crippen LogP contribution in [0.5, 0.6) is 0 Å². The predicted octanol–water partition coefficient (Wildman–Crippen LogP) is 2.86. The number of likely N-dealkylation sites (tertiary alicyclic amines) is 1. The zero-order chi connectivity index (χ0) is 21.1. The van der Waals surface area contributed by atoms with Crippen molar-refractivity contribution >= 4 is 36.0 Å². The summed E-state index contributed by atoms with van der Waals surface area (Å²) in [6.07, 6.45) is 3.81. The Balaban J connectivity index is 0.00000450. The van der Waals surface area contributed by atoms with Crippen molar-refractivity contribution in [3.63, 3.8) is 0 Å². The lowest BCUT2D eigenvalue weighted by molar-refractivity contribution is 0.0185. The standard InChI is InChI=1S/C21H40N4O4.HI/c1-21(2,3)29-20(26)25-10-6-17(7-11-25)14-24-19(22-4)23-9-5-12-27-15-18-8-13-28-16-18;/h17-18H,5-16H2,1-4H3,(H2,22,23,24);1H. The first kappa shape index (κ1) is 27.2. The smallest absolute Gasteiger partial charge is 0.410 e. The first-order valence-electron chi connectivity index (χ1n) is 11.0. The Kier molecular flexibility index (Phi) is 13.0. The molecule has 0 spiro atoms. The molecule has 0 saturated carbocycles. The van der Waals surface area contributed by atoms with Gasteiger partial charge < -0.3 is 29.7 Å². The summed E-state index contributed by atoms with van der Waals surface area (Å²) in [5, 5.41) is 6.74. The Morgan fingerprint density at radius 2 is 1.90 bits per heavy atom. The van der Waals surface area contributed by atoms with Crippen LogP contribution < -0.4 is 10.6 Å². The summed E-state index contributed by atoms with van der Waals surface area (Å²) in [6.45, 7) is 12.2. The molecule has 2 N–H and O–H groups in total. The molecule has 2 fully saturated rings. The molecule has 1 atom stereocenters. The molecule has 8 nitrogen and oxygen atoms in total. The maximum absolute atomic E-state index is 12.1. The number of hydrogen-bond donors (Lipinski definition) is 2. The number of amides is 1. The number of ether oxygens (including phenoxy) is 3. The molecular weight excluding hydrogens is 499 g/mol. The van der Waals surface area contributed by atoms with Crippen LogP contribution in [0.2, 0.25) is 0 Å². The van der Waals surface area contributed by atoms with Gasteiger partial charge in [0.2, 0.25) is 0 Å². The highest BCUT2D eigenvalue weighted by molar-refractivity contribution is 14.0. The van der Waals surface area contributed by atoms with Crippen molar-refractivity contribution in [3.05, 3.63) is 0 Å². The van der Waals surface area contributed by atoms with Gasteiger partial charge in [-0.15, -0.1) is 24.0 Å². The minimum atomic E-state index is -0.441. The summed E-state index contributed by atoms with van der Waals surface area (Å²) in [5.41, 5.74) is -0.441. The van der Waals surface area contributed by atoms with Crippen LogP contribution in [0.3, 0.4) is 0 Å². The number of hydrogen-bond acceptors (Lipinski definition) is 5. The molecule has 9 heteroatoms. The Bertz CT molecular complexity index is 514. The van der Waals surface area contributed by atoms with Gasteiger partial charge in [0.25, 0.3) is 0 Å². The summed E-state index contributed by atoms with van der Waals surface area (Å²) < 4.78 is 16.5. The van der Waals surface area contributed by atoms with E-state index in [1.54, 1.807) is 7.05 Å². The fourth-order valence-corrected chi connectivity index (χ4v) is 3.45. The lowest BCUT2D eigenvalue weighted by Crippen LogP contribution is -2.45. The normalized spacial score (nSPS) is 20.6. The van der Waals surface area contributed by atoms with E-state index in [1.165, 1.54) is 0 Å². The number of carbonyl (C=O) groups excluding carboxylic acids is 1. The molecule has 176 valence electrons. The number of aliphatic imine (C=N–C) groups is 1. The SMILES string of the molecule is CN=C(NCCCOCC1CCOC1)NCC1CCN(C(=O)OC(C)(C)C)CC1.I. The van der Waals surface area contributed by atoms with Crippen molar-refractivity contribution in [2.45, 2.75) is 52.1 Å². The second-order valence-corrected chi connectivity index (χ2v) is 8.95. The summed E-state index contributed by atoms with van der Waals surface area (Å²) in [6, 6.07) is 0. The molecule has 2 aliphatic rings. The second kappa shape index (κ2) is 14.3. The van der Waals surface area contributed by atoms with Crippen LogP contribution in [0, 0.1) is 11.8 Å². The van der Waals surface area contributed by atoms with Gasteiger partial charge in [0.05, 0.1) is 13.2 Å². The molecule has 0 aromatic carbocycles. The van der Waals surface area contributed by atoms with Crippen molar-refractivity contribution in [1.82, 2.24) is 15.5 Å². The zero-order valence-corrected chi connectivity index (χ0v) is 21.4. The Morgan fingerprint density at radius 1 is 1.17 bits per heavy atom. The van der Waals surface area contributed by atoms with Gasteiger partial charge in [-0.1, -0.05) is 0 Å². The molecule has 0 radical (unpaired) electrons. The van der Waals surface area contributed by atoms with Crippen LogP contribution in [-0.2, 0) is 14.2 Å². The fourth-order valence-electron chi connectivity index (χ4n) is 3.45. The zero-order valence-electron chi connectivity index (χ0n) is 19.1. The molecule has 2 saturated heterocycles. The number of guanidine groups is 1. The van der Waals surface area contributed by atoms with E-state index < -0.39 is 5.60 Å². The topological polar surface area (TPSA) is 84.4 Å². The first-order valence-corrected chi connectivity index (χ1v) is 11.0. The van der Waals surface area contributed by atoms with E-state index in [0.717, 1.165) is 84.2 Å². The van der Waals surface area contributed by atoms with Gasteiger partial charge in [-0.05, 0) is 52.4 Å². The highest BCUT2D eigenvalue weighted by atomic mass is 127. The minimum Gasteiger partial charge on any atom is -0.444 e. The van der Waals surface area contributed by atoms with E-state index in [-0.39, 0.29) is 30.1 Å². The highest BCUT2D eigenvalue weighted by Crippen LogP contribution is 2.19. The fraction of sp³-hybridized carbons (Fsp3) is 0.905. The van der Waals surface area contributed by atoms with Crippen LogP contribution in [0.1, 0.15) is 46.5 Å². The van der Waals surface area contributed by atoms with E-state index >= 15 is 0 Å². The third-order valence-electron chi connectivity index (χ3n) is 5.18.